The van der Waals surface area contributed by atoms with Crippen molar-refractivity contribution in [2.24, 2.45) is 4.99 Å². The highest BCUT2D eigenvalue weighted by molar-refractivity contribution is 9.10. The van der Waals surface area contributed by atoms with Gasteiger partial charge in [0.2, 0.25) is 0 Å². The van der Waals surface area contributed by atoms with Crippen molar-refractivity contribution in [3.8, 4) is 11.5 Å². The van der Waals surface area contributed by atoms with Crippen molar-refractivity contribution in [1.82, 2.24) is 0 Å². The van der Waals surface area contributed by atoms with Crippen LogP contribution in [-0.4, -0.2) is 28.2 Å². The summed E-state index contributed by atoms with van der Waals surface area (Å²) in [6.45, 7) is 2.15. The Morgan fingerprint density at radius 3 is 2.83 bits per heavy atom. The van der Waals surface area contributed by atoms with E-state index in [2.05, 4.69) is 20.9 Å². The Morgan fingerprint density at radius 2 is 2.08 bits per heavy atom. The van der Waals surface area contributed by atoms with Gasteiger partial charge in [-0.25, -0.2) is 4.79 Å². The zero-order valence-corrected chi connectivity index (χ0v) is 15.4. The highest BCUT2D eigenvalue weighted by atomic mass is 79.9. The van der Waals surface area contributed by atoms with Crippen LogP contribution in [-0.2, 0) is 0 Å². The highest BCUT2D eigenvalue weighted by Crippen LogP contribution is 2.40. The number of rotatable bonds is 2. The van der Waals surface area contributed by atoms with Crippen LogP contribution in [0.15, 0.2) is 42.9 Å². The molecule has 1 atom stereocenters. The van der Waals surface area contributed by atoms with Gasteiger partial charge in [0.15, 0.2) is 0 Å². The topological polar surface area (TPSA) is 83.0 Å². The Bertz CT molecular complexity index is 862. The minimum Gasteiger partial charge on any atom is -0.508 e. The minimum absolute atomic E-state index is 0.0659. The maximum Gasteiger partial charge on any atom is 0.348 e. The number of nitrogens with zero attached hydrogens (tertiary/aromatic N) is 1. The van der Waals surface area contributed by atoms with Gasteiger partial charge in [-0.05, 0) is 25.1 Å². The second-order valence-electron chi connectivity index (χ2n) is 5.50. The molecule has 0 spiro atoms. The Hall–Kier alpha value is -1.73. The Kier molecular flexibility index (Phi) is 5.01. The molecule has 2 heterocycles. The van der Waals surface area contributed by atoms with Crippen LogP contribution < -0.4 is 5.63 Å². The molecule has 24 heavy (non-hydrogen) atoms. The van der Waals surface area contributed by atoms with E-state index in [0.717, 1.165) is 15.8 Å². The van der Waals surface area contributed by atoms with Gasteiger partial charge >= 0.3 is 5.63 Å². The third-order valence-corrected chi connectivity index (χ3v) is 5.51. The molecular formula is C17H16BrNO4S. The fraction of sp³-hybridized carbons (Fsp3) is 0.294. The first-order chi connectivity index (χ1) is 11.5. The van der Waals surface area contributed by atoms with Gasteiger partial charge in [0.1, 0.15) is 22.8 Å². The summed E-state index contributed by atoms with van der Waals surface area (Å²) in [5.41, 5.74) is 0.813. The van der Waals surface area contributed by atoms with Crippen LogP contribution in [0.4, 0.5) is 0 Å². The summed E-state index contributed by atoms with van der Waals surface area (Å²) in [7, 11) is 0. The van der Waals surface area contributed by atoms with Gasteiger partial charge in [0.05, 0.1) is 5.71 Å². The summed E-state index contributed by atoms with van der Waals surface area (Å²) in [4.78, 5) is 16.6. The molecule has 0 saturated carbocycles. The Balaban J connectivity index is 2.01. The van der Waals surface area contributed by atoms with Gasteiger partial charge in [-0.15, -0.1) is 0 Å². The monoisotopic (exact) mass is 409 g/mol. The first-order valence-electron chi connectivity index (χ1n) is 7.43. The minimum atomic E-state index is -0.588. The van der Waals surface area contributed by atoms with E-state index in [0.29, 0.717) is 24.4 Å². The van der Waals surface area contributed by atoms with Crippen LogP contribution in [0, 0.1) is 6.92 Å². The molecule has 1 aliphatic rings. The lowest BCUT2D eigenvalue weighted by atomic mass is 10.0. The third kappa shape index (κ3) is 3.52. The second-order valence-corrected chi connectivity index (χ2v) is 7.73. The fourth-order valence-corrected chi connectivity index (χ4v) is 4.20. The molecule has 0 saturated heterocycles. The smallest absolute Gasteiger partial charge is 0.348 e. The molecular weight excluding hydrogens is 394 g/mol. The Morgan fingerprint density at radius 1 is 1.29 bits per heavy atom. The Labute approximate surface area is 151 Å². The van der Waals surface area contributed by atoms with Gasteiger partial charge < -0.3 is 14.6 Å². The molecule has 0 bridgehead atoms. The fourth-order valence-electron chi connectivity index (χ4n) is 2.70. The van der Waals surface area contributed by atoms with Gasteiger partial charge in [-0.3, -0.25) is 4.99 Å². The van der Waals surface area contributed by atoms with Gasteiger partial charge in [0.25, 0.3) is 0 Å². The molecule has 2 aromatic rings. The van der Waals surface area contributed by atoms with E-state index in [-0.39, 0.29) is 22.3 Å². The molecule has 2 N–H and O–H groups in total. The molecule has 1 aliphatic heterocycles. The molecule has 126 valence electrons. The molecule has 0 aliphatic carbocycles. The van der Waals surface area contributed by atoms with E-state index in [9.17, 15) is 15.0 Å². The number of aromatic hydroxyl groups is 2. The number of halogens is 1. The average Bonchev–Trinajstić information content (AvgIpc) is 2.75. The van der Waals surface area contributed by atoms with E-state index < -0.39 is 5.63 Å². The van der Waals surface area contributed by atoms with Crippen LogP contribution in [0.5, 0.6) is 11.5 Å². The molecule has 0 fully saturated rings. The zero-order chi connectivity index (χ0) is 17.3. The first-order valence-corrected chi connectivity index (χ1v) is 9.27. The SMILES string of the molecule is Cc1cc(O)c(C2=NCCS[C@H](c3cc(Br)ccc3O)C2)c(=O)o1. The van der Waals surface area contributed by atoms with Crippen LogP contribution in [0.3, 0.4) is 0 Å². The van der Waals surface area contributed by atoms with Crippen LogP contribution >= 0.6 is 27.7 Å². The zero-order valence-electron chi connectivity index (χ0n) is 13.0. The normalized spacial score (nSPS) is 18.1. The van der Waals surface area contributed by atoms with E-state index >= 15 is 0 Å². The summed E-state index contributed by atoms with van der Waals surface area (Å²) in [5.74, 6) is 1.20. The van der Waals surface area contributed by atoms with Crippen molar-refractivity contribution in [3.05, 3.63) is 56.0 Å². The molecule has 0 unspecified atom stereocenters. The number of aryl methyl sites for hydroxylation is 1. The first kappa shape index (κ1) is 17.1. The van der Waals surface area contributed by atoms with Crippen molar-refractivity contribution in [3.63, 3.8) is 0 Å². The van der Waals surface area contributed by atoms with Gasteiger partial charge in [-0.2, -0.15) is 11.8 Å². The van der Waals surface area contributed by atoms with Gasteiger partial charge in [-0.1, -0.05) is 15.9 Å². The van der Waals surface area contributed by atoms with Crippen LogP contribution in [0.1, 0.15) is 28.6 Å². The maximum absolute atomic E-state index is 12.2. The molecule has 7 heteroatoms. The number of aliphatic imine (C=N–C) groups is 1. The summed E-state index contributed by atoms with van der Waals surface area (Å²) in [6, 6.07) is 6.70. The number of benzene rings is 1. The molecule has 3 rings (SSSR count). The summed E-state index contributed by atoms with van der Waals surface area (Å²) < 4.78 is 5.98. The van der Waals surface area contributed by atoms with E-state index in [1.807, 2.05) is 6.07 Å². The van der Waals surface area contributed by atoms with E-state index in [4.69, 9.17) is 4.42 Å². The van der Waals surface area contributed by atoms with Gasteiger partial charge in [0, 0.05) is 40.1 Å². The predicted molar refractivity (Wildman–Crippen MR) is 98.4 cm³/mol. The molecule has 1 aromatic heterocycles. The van der Waals surface area contributed by atoms with Crippen LogP contribution in [0.25, 0.3) is 0 Å². The third-order valence-electron chi connectivity index (χ3n) is 3.77. The summed E-state index contributed by atoms with van der Waals surface area (Å²) in [5, 5.41) is 20.3. The largest absolute Gasteiger partial charge is 0.508 e. The summed E-state index contributed by atoms with van der Waals surface area (Å²) in [6.07, 6.45) is 0.427. The lowest BCUT2D eigenvalue weighted by Gasteiger charge is -2.17. The van der Waals surface area contributed by atoms with Crippen molar-refractivity contribution in [2.45, 2.75) is 18.6 Å². The second kappa shape index (κ2) is 7.03. The van der Waals surface area contributed by atoms with E-state index in [1.54, 1.807) is 30.8 Å². The predicted octanol–water partition coefficient (Wildman–Crippen LogP) is 3.79. The lowest BCUT2D eigenvalue weighted by molar-refractivity contribution is 0.432. The average molecular weight is 410 g/mol. The molecule has 1 aromatic carbocycles. The summed E-state index contributed by atoms with van der Waals surface area (Å²) >= 11 is 5.08. The number of phenols is 1. The number of hydrogen-bond donors (Lipinski definition) is 2. The number of phenolic OH excluding ortho intramolecular Hbond substituents is 1. The molecule has 0 amide bonds. The molecule has 5 nitrogen and oxygen atoms in total. The lowest BCUT2D eigenvalue weighted by Crippen LogP contribution is -2.17. The van der Waals surface area contributed by atoms with Crippen LogP contribution in [0.2, 0.25) is 0 Å². The van der Waals surface area contributed by atoms with E-state index in [1.165, 1.54) is 6.07 Å². The van der Waals surface area contributed by atoms with Crippen molar-refractivity contribution < 1.29 is 14.6 Å². The van der Waals surface area contributed by atoms with Crippen molar-refractivity contribution in [2.75, 3.05) is 12.3 Å². The highest BCUT2D eigenvalue weighted by Gasteiger charge is 2.25. The quantitative estimate of drug-likeness (QED) is 0.787. The number of hydrogen-bond acceptors (Lipinski definition) is 6. The molecule has 0 radical (unpaired) electrons. The maximum atomic E-state index is 12.2. The van der Waals surface area contributed by atoms with Crippen molar-refractivity contribution in [1.29, 1.82) is 0 Å². The standard InChI is InChI=1S/C17H16BrNO4S/c1-9-6-14(21)16(17(22)23-9)12-8-15(24-5-4-19-12)11-7-10(18)2-3-13(11)20/h2-3,6-7,15,20-21H,4-5,8H2,1H3/t15-/m0/s1. The van der Waals surface area contributed by atoms with Crippen molar-refractivity contribution >= 4 is 33.4 Å². The number of thioether (sulfide) groups is 1.